The van der Waals surface area contributed by atoms with Gasteiger partial charge in [0.05, 0.1) is 11.7 Å². The van der Waals surface area contributed by atoms with Crippen LogP contribution in [0.1, 0.15) is 60.8 Å². The lowest BCUT2D eigenvalue weighted by Gasteiger charge is -2.50. The van der Waals surface area contributed by atoms with Crippen molar-refractivity contribution >= 4 is 0 Å². The van der Waals surface area contributed by atoms with Crippen molar-refractivity contribution in [1.29, 1.82) is 0 Å². The van der Waals surface area contributed by atoms with Crippen molar-refractivity contribution in [3.8, 4) is 0 Å². The lowest BCUT2D eigenvalue weighted by atomic mass is 9.69. The SMILES string of the molecule is CC1=C[C@H](C)[C@@](C)([C@H]2O[C@H](C)CC(C)(C)O2)CC1. The van der Waals surface area contributed by atoms with E-state index in [4.69, 9.17) is 9.47 Å². The summed E-state index contributed by atoms with van der Waals surface area (Å²) in [5, 5.41) is 0. The highest BCUT2D eigenvalue weighted by molar-refractivity contribution is 5.11. The van der Waals surface area contributed by atoms with E-state index in [1.54, 1.807) is 0 Å². The van der Waals surface area contributed by atoms with Crippen LogP contribution in [0.2, 0.25) is 0 Å². The van der Waals surface area contributed by atoms with Crippen molar-refractivity contribution in [3.05, 3.63) is 11.6 Å². The predicted molar refractivity (Wildman–Crippen MR) is 74.4 cm³/mol. The largest absolute Gasteiger partial charge is 0.349 e. The summed E-state index contributed by atoms with van der Waals surface area (Å²) in [5.74, 6) is 0.511. The van der Waals surface area contributed by atoms with Gasteiger partial charge in [0, 0.05) is 11.8 Å². The van der Waals surface area contributed by atoms with E-state index in [1.165, 1.54) is 12.0 Å². The molecule has 0 bridgehead atoms. The summed E-state index contributed by atoms with van der Waals surface area (Å²) in [6, 6.07) is 0. The molecule has 0 aromatic heterocycles. The molecule has 2 rings (SSSR count). The second kappa shape index (κ2) is 4.64. The van der Waals surface area contributed by atoms with Crippen LogP contribution in [0.25, 0.3) is 0 Å². The van der Waals surface area contributed by atoms with Gasteiger partial charge >= 0.3 is 0 Å². The maximum atomic E-state index is 6.24. The fourth-order valence-electron chi connectivity index (χ4n) is 3.33. The van der Waals surface area contributed by atoms with E-state index < -0.39 is 0 Å². The summed E-state index contributed by atoms with van der Waals surface area (Å²) in [6.07, 6.45) is 5.90. The number of hydrogen-bond donors (Lipinski definition) is 0. The molecule has 2 aliphatic rings. The monoisotopic (exact) mass is 252 g/mol. The third-order valence-electron chi connectivity index (χ3n) is 4.73. The Bertz CT molecular complexity index is 345. The third-order valence-corrected chi connectivity index (χ3v) is 4.73. The molecular weight excluding hydrogens is 224 g/mol. The summed E-state index contributed by atoms with van der Waals surface area (Å²) in [6.45, 7) is 13.4. The first-order valence-electron chi connectivity index (χ1n) is 7.23. The van der Waals surface area contributed by atoms with Crippen molar-refractivity contribution in [3.63, 3.8) is 0 Å². The van der Waals surface area contributed by atoms with Gasteiger partial charge in [0.1, 0.15) is 0 Å². The molecule has 0 aromatic rings. The van der Waals surface area contributed by atoms with Crippen LogP contribution in [0, 0.1) is 11.3 Å². The molecule has 0 unspecified atom stereocenters. The molecule has 1 aliphatic heterocycles. The van der Waals surface area contributed by atoms with Crippen LogP contribution in [0.5, 0.6) is 0 Å². The quantitative estimate of drug-likeness (QED) is 0.648. The van der Waals surface area contributed by atoms with Gasteiger partial charge in [0.25, 0.3) is 0 Å². The van der Waals surface area contributed by atoms with Gasteiger partial charge in [-0.25, -0.2) is 0 Å². The van der Waals surface area contributed by atoms with Gasteiger partial charge in [-0.1, -0.05) is 25.5 Å². The Hall–Kier alpha value is -0.340. The van der Waals surface area contributed by atoms with E-state index >= 15 is 0 Å². The fraction of sp³-hybridized carbons (Fsp3) is 0.875. The molecule has 2 nitrogen and oxygen atoms in total. The first-order valence-corrected chi connectivity index (χ1v) is 7.23. The molecule has 0 aromatic carbocycles. The zero-order valence-corrected chi connectivity index (χ0v) is 12.7. The molecule has 18 heavy (non-hydrogen) atoms. The van der Waals surface area contributed by atoms with Crippen molar-refractivity contribution in [2.24, 2.45) is 11.3 Å². The summed E-state index contributed by atoms with van der Waals surface area (Å²) in [7, 11) is 0. The number of rotatable bonds is 1. The van der Waals surface area contributed by atoms with Crippen LogP contribution >= 0.6 is 0 Å². The van der Waals surface area contributed by atoms with Crippen LogP contribution in [0.4, 0.5) is 0 Å². The molecule has 0 saturated carbocycles. The second-order valence-electron chi connectivity index (χ2n) is 7.17. The Morgan fingerprint density at radius 1 is 1.22 bits per heavy atom. The predicted octanol–water partition coefficient (Wildman–Crippen LogP) is 4.30. The van der Waals surface area contributed by atoms with Crippen LogP contribution in [0.3, 0.4) is 0 Å². The minimum atomic E-state index is -0.0735. The molecule has 104 valence electrons. The average molecular weight is 252 g/mol. The van der Waals surface area contributed by atoms with E-state index in [0.717, 1.165) is 12.8 Å². The van der Waals surface area contributed by atoms with Gasteiger partial charge < -0.3 is 9.47 Å². The standard InChI is InChI=1S/C16H28O2/c1-11-7-8-16(6,12(2)9-11)14-17-13(3)10-15(4,5)18-14/h9,12-14H,7-8,10H2,1-6H3/t12-,13+,14-,16-/m0/s1. The Kier molecular flexibility index (Phi) is 3.63. The highest BCUT2D eigenvalue weighted by Gasteiger charge is 2.47. The lowest BCUT2D eigenvalue weighted by molar-refractivity contribution is -0.314. The molecule has 4 atom stereocenters. The summed E-state index contributed by atoms with van der Waals surface area (Å²) in [4.78, 5) is 0. The van der Waals surface area contributed by atoms with Gasteiger partial charge in [-0.05, 0) is 46.5 Å². The molecule has 1 aliphatic carbocycles. The summed E-state index contributed by atoms with van der Waals surface area (Å²) < 4.78 is 12.4. The van der Waals surface area contributed by atoms with E-state index in [0.29, 0.717) is 5.92 Å². The molecule has 1 saturated heterocycles. The average Bonchev–Trinajstić information content (AvgIpc) is 2.21. The van der Waals surface area contributed by atoms with Crippen LogP contribution in [-0.2, 0) is 9.47 Å². The zero-order valence-electron chi connectivity index (χ0n) is 12.7. The summed E-state index contributed by atoms with van der Waals surface area (Å²) >= 11 is 0. The fourth-order valence-corrected chi connectivity index (χ4v) is 3.33. The van der Waals surface area contributed by atoms with Crippen molar-refractivity contribution in [2.45, 2.75) is 78.8 Å². The van der Waals surface area contributed by atoms with Gasteiger partial charge in [0.2, 0.25) is 0 Å². The topological polar surface area (TPSA) is 18.5 Å². The lowest BCUT2D eigenvalue weighted by Crippen LogP contribution is -2.52. The van der Waals surface area contributed by atoms with Crippen LogP contribution < -0.4 is 0 Å². The van der Waals surface area contributed by atoms with Crippen molar-refractivity contribution < 1.29 is 9.47 Å². The third kappa shape index (κ3) is 2.65. The number of ether oxygens (including phenoxy) is 2. The van der Waals surface area contributed by atoms with Gasteiger partial charge in [0.15, 0.2) is 6.29 Å². The Morgan fingerprint density at radius 2 is 1.89 bits per heavy atom. The van der Waals surface area contributed by atoms with E-state index in [9.17, 15) is 0 Å². The van der Waals surface area contributed by atoms with Crippen LogP contribution in [-0.4, -0.2) is 18.0 Å². The Balaban J connectivity index is 2.20. The minimum absolute atomic E-state index is 0.0682. The first kappa shape index (κ1) is 14.1. The van der Waals surface area contributed by atoms with E-state index in [1.807, 2.05) is 0 Å². The molecule has 0 radical (unpaired) electrons. The zero-order chi connectivity index (χ0) is 13.6. The minimum Gasteiger partial charge on any atom is -0.349 e. The maximum Gasteiger partial charge on any atom is 0.164 e. The van der Waals surface area contributed by atoms with Crippen LogP contribution in [0.15, 0.2) is 11.6 Å². The smallest absolute Gasteiger partial charge is 0.164 e. The highest BCUT2D eigenvalue weighted by Crippen LogP contribution is 2.47. The number of allylic oxidation sites excluding steroid dienone is 2. The second-order valence-corrected chi connectivity index (χ2v) is 7.17. The molecule has 0 N–H and O–H groups in total. The highest BCUT2D eigenvalue weighted by atomic mass is 16.7. The van der Waals surface area contributed by atoms with Crippen molar-refractivity contribution in [1.82, 2.24) is 0 Å². The van der Waals surface area contributed by atoms with Gasteiger partial charge in [-0.15, -0.1) is 0 Å². The molecule has 0 spiro atoms. The van der Waals surface area contributed by atoms with Crippen molar-refractivity contribution in [2.75, 3.05) is 0 Å². The summed E-state index contributed by atoms with van der Waals surface area (Å²) in [5.41, 5.74) is 1.54. The van der Waals surface area contributed by atoms with Gasteiger partial charge in [-0.2, -0.15) is 0 Å². The maximum absolute atomic E-state index is 6.24. The number of hydrogen-bond acceptors (Lipinski definition) is 2. The molecule has 1 fully saturated rings. The van der Waals surface area contributed by atoms with E-state index in [-0.39, 0.29) is 23.4 Å². The normalized spacial score (nSPS) is 44.6. The molecule has 2 heteroatoms. The molecule has 0 amide bonds. The Morgan fingerprint density at radius 3 is 2.44 bits per heavy atom. The molecule has 1 heterocycles. The first-order chi connectivity index (χ1) is 8.23. The Labute approximate surface area is 112 Å². The van der Waals surface area contributed by atoms with E-state index in [2.05, 4.69) is 47.6 Å². The van der Waals surface area contributed by atoms with Gasteiger partial charge in [-0.3, -0.25) is 0 Å². The molecular formula is C16H28O2.